The van der Waals surface area contributed by atoms with Crippen molar-refractivity contribution >= 4 is 22.6 Å². The van der Waals surface area contributed by atoms with E-state index in [9.17, 15) is 14.9 Å². The molecule has 37 heavy (non-hydrogen) atoms. The topological polar surface area (TPSA) is 94.8 Å². The lowest BCUT2D eigenvalue weighted by molar-refractivity contribution is -0.137. The molecule has 1 amide bonds. The van der Waals surface area contributed by atoms with Gasteiger partial charge in [0.25, 0.3) is 0 Å². The number of rotatable bonds is 4. The number of aromatic amines is 1. The molecule has 0 saturated carbocycles. The van der Waals surface area contributed by atoms with Crippen molar-refractivity contribution < 1.29 is 9.59 Å². The Morgan fingerprint density at radius 1 is 1.19 bits per heavy atom. The van der Waals surface area contributed by atoms with Gasteiger partial charge in [-0.05, 0) is 61.2 Å². The molecule has 0 unspecified atom stereocenters. The average Bonchev–Trinajstić information content (AvgIpc) is 3.52. The van der Waals surface area contributed by atoms with Crippen molar-refractivity contribution in [2.45, 2.75) is 52.0 Å². The molecule has 188 valence electrons. The maximum absolute atomic E-state index is 13.9. The maximum atomic E-state index is 13.9. The summed E-state index contributed by atoms with van der Waals surface area (Å²) in [4.78, 5) is 31.7. The molecule has 2 aromatic carbocycles. The molecule has 5 rings (SSSR count). The number of amides is 1. The van der Waals surface area contributed by atoms with Gasteiger partial charge in [0.1, 0.15) is 5.54 Å². The van der Waals surface area contributed by atoms with Gasteiger partial charge in [0.15, 0.2) is 5.78 Å². The third-order valence-electron chi connectivity index (χ3n) is 7.72. The van der Waals surface area contributed by atoms with E-state index < -0.39 is 11.0 Å². The zero-order valence-corrected chi connectivity index (χ0v) is 22.4. The highest BCUT2D eigenvalue weighted by Gasteiger charge is 2.40. The summed E-state index contributed by atoms with van der Waals surface area (Å²) in [6, 6.07) is 11.7. The number of nitrogens with one attached hydrogen (secondary N) is 1. The Morgan fingerprint density at radius 3 is 2.57 bits per heavy atom. The SMILES string of the molecule is CCc1cc2c(cc1-c1cnn(C(C)(C)C(=O)N(C)C)c1)C(C)(C)c1[nH]c3cc(C#N)ccc3c1C2=O. The summed E-state index contributed by atoms with van der Waals surface area (Å²) < 4.78 is 1.71. The van der Waals surface area contributed by atoms with Crippen molar-refractivity contribution in [1.29, 1.82) is 5.26 Å². The predicted molar refractivity (Wildman–Crippen MR) is 144 cm³/mol. The van der Waals surface area contributed by atoms with Crippen molar-refractivity contribution in [3.63, 3.8) is 0 Å². The van der Waals surface area contributed by atoms with Gasteiger partial charge in [-0.3, -0.25) is 14.3 Å². The molecule has 1 aliphatic rings. The van der Waals surface area contributed by atoms with E-state index in [0.717, 1.165) is 45.3 Å². The van der Waals surface area contributed by atoms with Gasteiger partial charge in [0.2, 0.25) is 5.91 Å². The number of carbonyl (C=O) groups excluding carboxylic acids is 2. The average molecular weight is 494 g/mol. The van der Waals surface area contributed by atoms with E-state index in [1.807, 2.05) is 32.2 Å². The Balaban J connectivity index is 1.68. The lowest BCUT2D eigenvalue weighted by atomic mass is 9.70. The molecule has 4 aromatic rings. The van der Waals surface area contributed by atoms with E-state index in [0.29, 0.717) is 16.7 Å². The summed E-state index contributed by atoms with van der Waals surface area (Å²) in [5.41, 5.74) is 6.20. The van der Waals surface area contributed by atoms with Crippen LogP contribution < -0.4 is 0 Å². The van der Waals surface area contributed by atoms with Crippen LogP contribution >= 0.6 is 0 Å². The molecule has 7 nitrogen and oxygen atoms in total. The highest BCUT2D eigenvalue weighted by molar-refractivity contribution is 6.20. The van der Waals surface area contributed by atoms with Crippen molar-refractivity contribution in [2.24, 2.45) is 0 Å². The summed E-state index contributed by atoms with van der Waals surface area (Å²) in [6.07, 6.45) is 4.45. The number of aryl methyl sites for hydroxylation is 1. The molecule has 0 radical (unpaired) electrons. The normalized spacial score (nSPS) is 14.3. The van der Waals surface area contributed by atoms with Crippen molar-refractivity contribution in [3.8, 4) is 17.2 Å². The van der Waals surface area contributed by atoms with Gasteiger partial charge in [-0.1, -0.05) is 26.8 Å². The fourth-order valence-electron chi connectivity index (χ4n) is 5.56. The first-order valence-electron chi connectivity index (χ1n) is 12.5. The minimum atomic E-state index is -0.834. The molecule has 2 heterocycles. The van der Waals surface area contributed by atoms with E-state index in [4.69, 9.17) is 0 Å². The number of nitrogens with zero attached hydrogens (tertiary/aromatic N) is 4. The quantitative estimate of drug-likeness (QED) is 0.425. The van der Waals surface area contributed by atoms with Gasteiger partial charge < -0.3 is 9.88 Å². The molecule has 1 N–H and O–H groups in total. The van der Waals surface area contributed by atoms with Crippen LogP contribution in [0, 0.1) is 11.3 Å². The zero-order chi connectivity index (χ0) is 26.9. The number of benzene rings is 2. The lowest BCUT2D eigenvalue weighted by Gasteiger charge is -2.33. The van der Waals surface area contributed by atoms with E-state index in [1.54, 1.807) is 42.0 Å². The standard InChI is InChI=1S/C30H31N5O2/c1-8-18-12-22-23(13-21(18)19-15-32-35(16-19)30(4,5)28(37)34(6)7)29(2,3)27-25(26(22)36)20-10-9-17(14-31)11-24(20)33-27/h9-13,15-16,33H,8H2,1-7H3. The number of fused-ring (bicyclic) bond motifs is 4. The highest BCUT2D eigenvalue weighted by Crippen LogP contribution is 2.45. The first kappa shape index (κ1) is 24.5. The first-order valence-corrected chi connectivity index (χ1v) is 12.5. The summed E-state index contributed by atoms with van der Waals surface area (Å²) in [7, 11) is 3.48. The van der Waals surface area contributed by atoms with Crippen LogP contribution in [0.5, 0.6) is 0 Å². The van der Waals surface area contributed by atoms with Gasteiger partial charge in [-0.15, -0.1) is 0 Å². The van der Waals surface area contributed by atoms with Crippen LogP contribution in [0.2, 0.25) is 0 Å². The molecule has 0 atom stereocenters. The van der Waals surface area contributed by atoms with Gasteiger partial charge >= 0.3 is 0 Å². The van der Waals surface area contributed by atoms with E-state index in [1.165, 1.54) is 0 Å². The molecule has 0 bridgehead atoms. The van der Waals surface area contributed by atoms with Gasteiger partial charge in [-0.2, -0.15) is 10.4 Å². The number of hydrogen-bond donors (Lipinski definition) is 1. The van der Waals surface area contributed by atoms with E-state index >= 15 is 0 Å². The van der Waals surface area contributed by atoms with Crippen LogP contribution in [-0.4, -0.2) is 45.5 Å². The monoisotopic (exact) mass is 493 g/mol. The molecule has 2 aromatic heterocycles. The molecular weight excluding hydrogens is 462 g/mol. The van der Waals surface area contributed by atoms with E-state index in [-0.39, 0.29) is 11.7 Å². The molecule has 0 fully saturated rings. The fraction of sp³-hybridized carbons (Fsp3) is 0.333. The highest BCUT2D eigenvalue weighted by atomic mass is 16.2. The molecule has 7 heteroatoms. The number of nitriles is 1. The van der Waals surface area contributed by atoms with Crippen LogP contribution in [-0.2, 0) is 22.2 Å². The van der Waals surface area contributed by atoms with Gasteiger partial charge in [0, 0.05) is 53.4 Å². The summed E-state index contributed by atoms with van der Waals surface area (Å²) in [5, 5.41) is 14.7. The number of carbonyl (C=O) groups is 2. The van der Waals surface area contributed by atoms with Crippen LogP contribution in [0.25, 0.3) is 22.0 Å². The second kappa shape index (κ2) is 8.17. The lowest BCUT2D eigenvalue weighted by Crippen LogP contribution is -2.44. The van der Waals surface area contributed by atoms with Crippen LogP contribution in [0.4, 0.5) is 0 Å². The van der Waals surface area contributed by atoms with E-state index in [2.05, 4.69) is 43.0 Å². The van der Waals surface area contributed by atoms with Gasteiger partial charge in [-0.25, -0.2) is 0 Å². The van der Waals surface area contributed by atoms with Crippen LogP contribution in [0.3, 0.4) is 0 Å². The molecule has 0 spiro atoms. The Labute approximate surface area is 216 Å². The Kier molecular flexibility index (Phi) is 5.41. The summed E-state index contributed by atoms with van der Waals surface area (Å²) in [5.74, 6) is -0.0455. The second-order valence-electron chi connectivity index (χ2n) is 11.0. The Morgan fingerprint density at radius 2 is 1.92 bits per heavy atom. The zero-order valence-electron chi connectivity index (χ0n) is 22.4. The fourth-order valence-corrected chi connectivity index (χ4v) is 5.56. The Hall–Kier alpha value is -4.18. The van der Waals surface area contributed by atoms with Crippen molar-refractivity contribution in [1.82, 2.24) is 19.7 Å². The third-order valence-corrected chi connectivity index (χ3v) is 7.72. The third kappa shape index (κ3) is 3.51. The summed E-state index contributed by atoms with van der Waals surface area (Å²) in [6.45, 7) is 10.0. The van der Waals surface area contributed by atoms with Gasteiger partial charge in [0.05, 0.1) is 23.4 Å². The second-order valence-corrected chi connectivity index (χ2v) is 11.0. The molecular formula is C30H31N5O2. The number of likely N-dealkylation sites (N-methyl/N-ethyl adjacent to an activating group) is 1. The minimum Gasteiger partial charge on any atom is -0.357 e. The number of hydrogen-bond acceptors (Lipinski definition) is 4. The number of ketones is 1. The smallest absolute Gasteiger partial charge is 0.249 e. The Bertz CT molecular complexity index is 1640. The van der Waals surface area contributed by atoms with Crippen LogP contribution in [0.15, 0.2) is 42.7 Å². The number of H-pyrrole nitrogens is 1. The molecule has 0 saturated heterocycles. The molecule has 1 aliphatic carbocycles. The minimum absolute atomic E-state index is 0.00468. The first-order chi connectivity index (χ1) is 17.4. The predicted octanol–water partition coefficient (Wildman–Crippen LogP) is 5.16. The van der Waals surface area contributed by atoms with Crippen LogP contribution in [0.1, 0.15) is 72.9 Å². The number of aromatic nitrogens is 3. The van der Waals surface area contributed by atoms with Crippen molar-refractivity contribution in [2.75, 3.05) is 14.1 Å². The van der Waals surface area contributed by atoms with Crippen molar-refractivity contribution in [3.05, 3.63) is 76.2 Å². The molecule has 0 aliphatic heterocycles. The summed E-state index contributed by atoms with van der Waals surface area (Å²) >= 11 is 0. The largest absolute Gasteiger partial charge is 0.357 e. The maximum Gasteiger partial charge on any atom is 0.249 e.